The zero-order chi connectivity index (χ0) is 21.3. The molecule has 2 aromatic heterocycles. The van der Waals surface area contributed by atoms with Crippen LogP contribution < -0.4 is 5.56 Å². The molecule has 4 rings (SSSR count). The van der Waals surface area contributed by atoms with Crippen molar-refractivity contribution in [3.8, 4) is 0 Å². The van der Waals surface area contributed by atoms with Crippen molar-refractivity contribution in [1.29, 1.82) is 0 Å². The molecule has 0 saturated heterocycles. The summed E-state index contributed by atoms with van der Waals surface area (Å²) in [6.07, 6.45) is 1.76. The zero-order valence-corrected chi connectivity index (χ0v) is 18.2. The van der Waals surface area contributed by atoms with Crippen LogP contribution in [-0.2, 0) is 18.8 Å². The Morgan fingerprint density at radius 3 is 2.63 bits per heavy atom. The quantitative estimate of drug-likeness (QED) is 0.309. The number of fused-ring (bicyclic) bond motifs is 1. The van der Waals surface area contributed by atoms with E-state index in [9.17, 15) is 9.18 Å². The molecule has 0 saturated carbocycles. The second-order valence-electron chi connectivity index (χ2n) is 6.98. The van der Waals surface area contributed by atoms with Crippen LogP contribution in [0.4, 0.5) is 4.39 Å². The Hall–Kier alpha value is -2.64. The maximum absolute atomic E-state index is 14.2. The summed E-state index contributed by atoms with van der Waals surface area (Å²) >= 11 is 7.46. The number of halogens is 2. The fourth-order valence-electron chi connectivity index (χ4n) is 3.12. The van der Waals surface area contributed by atoms with E-state index in [1.54, 1.807) is 27.6 Å². The molecular weight excluding hydrogens is 423 g/mol. The third-order valence-electron chi connectivity index (χ3n) is 4.83. The van der Waals surface area contributed by atoms with Crippen LogP contribution in [0.2, 0.25) is 5.02 Å². The molecule has 0 aliphatic heterocycles. The SMILES string of the molecule is CCn1cc2nc(SCc3c(F)cccc3Cl)n(Cc3ccc(C)cc3)c(=O)c2n1. The van der Waals surface area contributed by atoms with Crippen LogP contribution in [0.1, 0.15) is 23.6 Å². The van der Waals surface area contributed by atoms with Crippen LogP contribution in [0, 0.1) is 12.7 Å². The molecule has 5 nitrogen and oxygen atoms in total. The molecule has 2 heterocycles. The van der Waals surface area contributed by atoms with Gasteiger partial charge in [-0.2, -0.15) is 5.10 Å². The number of benzene rings is 2. The lowest BCUT2D eigenvalue weighted by Gasteiger charge is -2.12. The molecule has 0 N–H and O–H groups in total. The number of hydrogen-bond donors (Lipinski definition) is 0. The van der Waals surface area contributed by atoms with Gasteiger partial charge in [-0.25, -0.2) is 9.37 Å². The summed E-state index contributed by atoms with van der Waals surface area (Å²) in [6, 6.07) is 12.6. The van der Waals surface area contributed by atoms with Crippen molar-refractivity contribution in [3.05, 3.63) is 86.5 Å². The summed E-state index contributed by atoms with van der Waals surface area (Å²) < 4.78 is 17.5. The van der Waals surface area contributed by atoms with Crippen LogP contribution in [0.25, 0.3) is 11.0 Å². The lowest BCUT2D eigenvalue weighted by molar-refractivity contribution is 0.616. The Kier molecular flexibility index (Phi) is 5.92. The number of nitrogens with zero attached hydrogens (tertiary/aromatic N) is 4. The number of aryl methyl sites for hydroxylation is 2. The molecule has 30 heavy (non-hydrogen) atoms. The van der Waals surface area contributed by atoms with E-state index in [1.807, 2.05) is 38.1 Å². The van der Waals surface area contributed by atoms with Gasteiger partial charge in [0.05, 0.1) is 12.7 Å². The summed E-state index contributed by atoms with van der Waals surface area (Å²) in [5.41, 5.74) is 3.16. The van der Waals surface area contributed by atoms with E-state index in [0.717, 1.165) is 11.1 Å². The molecule has 0 aliphatic rings. The first kappa shape index (κ1) is 20.6. The molecule has 0 amide bonds. The molecule has 0 atom stereocenters. The van der Waals surface area contributed by atoms with Gasteiger partial charge in [0.15, 0.2) is 10.7 Å². The third-order valence-corrected chi connectivity index (χ3v) is 6.19. The first-order chi connectivity index (χ1) is 14.5. The molecule has 0 unspecified atom stereocenters. The largest absolute Gasteiger partial charge is 0.282 e. The van der Waals surface area contributed by atoms with Gasteiger partial charge in [-0.1, -0.05) is 59.3 Å². The first-order valence-electron chi connectivity index (χ1n) is 9.55. The highest BCUT2D eigenvalue weighted by Crippen LogP contribution is 2.28. The Balaban J connectivity index is 1.77. The van der Waals surface area contributed by atoms with E-state index in [2.05, 4.69) is 10.1 Å². The van der Waals surface area contributed by atoms with Crippen LogP contribution in [0.15, 0.2) is 58.6 Å². The van der Waals surface area contributed by atoms with Gasteiger partial charge in [0.2, 0.25) is 0 Å². The summed E-state index contributed by atoms with van der Waals surface area (Å²) in [5, 5.41) is 5.22. The standard InChI is InChI=1S/C22H20ClFN4OS/c1-3-27-12-19-20(26-27)21(29)28(11-15-9-7-14(2)8-10-15)22(25-19)30-13-16-17(23)5-4-6-18(16)24/h4-10,12H,3,11,13H2,1-2H3. The van der Waals surface area contributed by atoms with E-state index in [4.69, 9.17) is 11.6 Å². The predicted molar refractivity (Wildman–Crippen MR) is 119 cm³/mol. The topological polar surface area (TPSA) is 52.7 Å². The van der Waals surface area contributed by atoms with Crippen LogP contribution >= 0.6 is 23.4 Å². The van der Waals surface area contributed by atoms with E-state index in [1.165, 1.54) is 17.8 Å². The van der Waals surface area contributed by atoms with Gasteiger partial charge < -0.3 is 0 Å². The molecule has 4 aromatic rings. The summed E-state index contributed by atoms with van der Waals surface area (Å²) in [5.74, 6) is -0.110. The van der Waals surface area contributed by atoms with Crippen molar-refractivity contribution >= 4 is 34.4 Å². The molecule has 8 heteroatoms. The molecule has 0 radical (unpaired) electrons. The molecule has 0 spiro atoms. The lowest BCUT2D eigenvalue weighted by Crippen LogP contribution is -2.24. The van der Waals surface area contributed by atoms with Crippen molar-refractivity contribution in [2.75, 3.05) is 0 Å². The average molecular weight is 443 g/mol. The minimum Gasteiger partial charge on any atom is -0.281 e. The van der Waals surface area contributed by atoms with E-state index >= 15 is 0 Å². The molecule has 154 valence electrons. The Morgan fingerprint density at radius 1 is 1.17 bits per heavy atom. The van der Waals surface area contributed by atoms with E-state index in [0.29, 0.717) is 39.9 Å². The fraction of sp³-hybridized carbons (Fsp3) is 0.227. The van der Waals surface area contributed by atoms with Crippen molar-refractivity contribution in [3.63, 3.8) is 0 Å². The maximum atomic E-state index is 14.2. The van der Waals surface area contributed by atoms with Gasteiger partial charge in [0, 0.05) is 22.9 Å². The number of rotatable bonds is 6. The Labute approximate surface area is 182 Å². The van der Waals surface area contributed by atoms with Gasteiger partial charge in [-0.05, 0) is 31.5 Å². The second kappa shape index (κ2) is 8.62. The Morgan fingerprint density at radius 2 is 1.93 bits per heavy atom. The minimum absolute atomic E-state index is 0.213. The smallest absolute Gasteiger partial charge is 0.281 e. The summed E-state index contributed by atoms with van der Waals surface area (Å²) in [4.78, 5) is 17.9. The van der Waals surface area contributed by atoms with E-state index in [-0.39, 0.29) is 17.1 Å². The average Bonchev–Trinajstić information content (AvgIpc) is 3.15. The number of hydrogen-bond acceptors (Lipinski definition) is 4. The predicted octanol–water partition coefficient (Wildman–Crippen LogP) is 5.05. The highest BCUT2D eigenvalue weighted by atomic mass is 35.5. The molecule has 0 bridgehead atoms. The number of thioether (sulfide) groups is 1. The second-order valence-corrected chi connectivity index (χ2v) is 8.33. The highest BCUT2D eigenvalue weighted by molar-refractivity contribution is 7.98. The van der Waals surface area contributed by atoms with Gasteiger partial charge in [0.1, 0.15) is 11.3 Å². The third kappa shape index (κ3) is 4.13. The van der Waals surface area contributed by atoms with Crippen molar-refractivity contribution < 1.29 is 4.39 Å². The van der Waals surface area contributed by atoms with Crippen molar-refractivity contribution in [2.24, 2.45) is 0 Å². The molecular formula is C22H20ClFN4OS. The normalized spacial score (nSPS) is 11.3. The van der Waals surface area contributed by atoms with Crippen LogP contribution in [-0.4, -0.2) is 19.3 Å². The van der Waals surface area contributed by atoms with Gasteiger partial charge in [0.25, 0.3) is 5.56 Å². The molecule has 2 aromatic carbocycles. The van der Waals surface area contributed by atoms with Crippen LogP contribution in [0.5, 0.6) is 0 Å². The number of aromatic nitrogens is 4. The molecule has 0 fully saturated rings. The summed E-state index contributed by atoms with van der Waals surface area (Å²) in [7, 11) is 0. The van der Waals surface area contributed by atoms with Crippen molar-refractivity contribution in [2.45, 2.75) is 37.8 Å². The van der Waals surface area contributed by atoms with Crippen molar-refractivity contribution in [1.82, 2.24) is 19.3 Å². The minimum atomic E-state index is -0.373. The van der Waals surface area contributed by atoms with Gasteiger partial charge in [-0.15, -0.1) is 0 Å². The van der Waals surface area contributed by atoms with Gasteiger partial charge in [-0.3, -0.25) is 14.0 Å². The highest BCUT2D eigenvalue weighted by Gasteiger charge is 2.17. The Bertz CT molecular complexity index is 1250. The monoisotopic (exact) mass is 442 g/mol. The maximum Gasteiger partial charge on any atom is 0.282 e. The van der Waals surface area contributed by atoms with Crippen LogP contribution in [0.3, 0.4) is 0 Å². The first-order valence-corrected chi connectivity index (χ1v) is 10.9. The summed E-state index contributed by atoms with van der Waals surface area (Å²) in [6.45, 7) is 4.96. The van der Waals surface area contributed by atoms with Gasteiger partial charge >= 0.3 is 0 Å². The zero-order valence-electron chi connectivity index (χ0n) is 16.6. The fourth-order valence-corrected chi connectivity index (χ4v) is 4.46. The molecule has 0 aliphatic carbocycles. The van der Waals surface area contributed by atoms with E-state index < -0.39 is 0 Å². The lowest BCUT2D eigenvalue weighted by atomic mass is 10.1.